The highest BCUT2D eigenvalue weighted by Gasteiger charge is 2.52. The van der Waals surface area contributed by atoms with E-state index in [0.29, 0.717) is 43.3 Å². The molecule has 0 aromatic carbocycles. The highest BCUT2D eigenvalue weighted by molar-refractivity contribution is 7.48. The molecule has 4 fully saturated rings. The molecule has 0 saturated carbocycles. The normalized spacial score (nSPS) is 28.4. The van der Waals surface area contributed by atoms with Crippen LogP contribution < -0.4 is 39.7 Å². The van der Waals surface area contributed by atoms with E-state index in [4.69, 9.17) is 68.5 Å². The number of methoxy groups -OCH3 is 4. The summed E-state index contributed by atoms with van der Waals surface area (Å²) in [6.07, 6.45) is -1.44. The van der Waals surface area contributed by atoms with Crippen LogP contribution in [-0.2, 0) is 92.3 Å². The molecule has 0 spiro atoms. The van der Waals surface area contributed by atoms with Crippen molar-refractivity contribution in [2.75, 3.05) is 81.2 Å². The van der Waals surface area contributed by atoms with Crippen molar-refractivity contribution in [2.45, 2.75) is 152 Å². The molecule has 0 bridgehead atoms. The number of nitrogens with two attached hydrogens (primary N) is 3. The molecule has 4 saturated heterocycles. The van der Waals surface area contributed by atoms with Crippen molar-refractivity contribution in [3.63, 3.8) is 0 Å². The number of phosphoric ester groups is 4. The number of nitrogens with zero attached hydrogens (tertiary/aromatic N) is 10. The van der Waals surface area contributed by atoms with Crippen LogP contribution in [0, 0.1) is 0 Å². The third-order valence-electron chi connectivity index (χ3n) is 15.1. The van der Waals surface area contributed by atoms with Gasteiger partial charge in [0.15, 0.2) is 41.3 Å². The lowest BCUT2D eigenvalue weighted by atomic mass is 10.1. The third kappa shape index (κ3) is 19.7. The quantitative estimate of drug-likeness (QED) is 0.0414. The number of hydrogen-bond donors (Lipinski definition) is 9. The van der Waals surface area contributed by atoms with Gasteiger partial charge >= 0.3 is 42.7 Å². The summed E-state index contributed by atoms with van der Waals surface area (Å²) < 4.78 is 135. The van der Waals surface area contributed by atoms with E-state index in [1.54, 1.807) is 32.0 Å². The zero-order valence-corrected chi connectivity index (χ0v) is 58.9. The summed E-state index contributed by atoms with van der Waals surface area (Å²) in [4.78, 5) is 114. The molecule has 6 aromatic heterocycles. The number of aromatic nitrogens is 12. The molecule has 8 unspecified atom stereocenters. The Bertz CT molecular complexity index is 4030. The van der Waals surface area contributed by atoms with Gasteiger partial charge in [-0.2, -0.15) is 9.97 Å². The number of aromatic amines is 2. The molecule has 0 amide bonds. The maximum atomic E-state index is 12.0. The predicted octanol–water partition coefficient (Wildman–Crippen LogP) is 1.93. The summed E-state index contributed by atoms with van der Waals surface area (Å²) in [7, 11) is -5.15. The monoisotopic (exact) mass is 1480 g/mol. The number of nitrogen functional groups attached to an aromatic ring is 3. The largest absolute Gasteiger partial charge is 0.472 e. The Labute approximate surface area is 557 Å². The number of anilines is 3. The van der Waals surface area contributed by atoms with E-state index in [0.717, 1.165) is 33.0 Å². The average Bonchev–Trinajstić information content (AvgIpc) is 1.63. The van der Waals surface area contributed by atoms with Crippen LogP contribution in [0.5, 0.6) is 0 Å². The fourth-order valence-electron chi connectivity index (χ4n) is 10.5. The minimum absolute atomic E-state index is 0.0738. The zero-order valence-electron chi connectivity index (χ0n) is 55.3. The number of imidazole rings is 2. The third-order valence-corrected chi connectivity index (χ3v) is 19.0. The molecular weight excluding hydrogens is 1390 g/mol. The van der Waals surface area contributed by atoms with E-state index in [1.807, 2.05) is 20.8 Å². The Morgan fingerprint density at radius 2 is 0.959 bits per heavy atom. The second-order valence-corrected chi connectivity index (χ2v) is 27.1. The van der Waals surface area contributed by atoms with Gasteiger partial charge in [-0.25, -0.2) is 47.8 Å². The average molecular weight is 1480 g/mol. The molecule has 47 heteroatoms. The lowest BCUT2D eigenvalue weighted by Gasteiger charge is -2.24. The minimum atomic E-state index is -4.27. The standard InChI is InChI=1S/C13H20N5O7P.C12H18N5O5P.C12H20N3O7P.C12H19N2O8P.C2H6O/c1-4-6-8(25-26(20,21)23-3)9(22-2)12(24-6)18-5-15-7-10(18)16-13(14)17-11(7)19;1-3-7-8(22-23(18,19)20-2)4-9(21-7)17-6-16-10-11(13)14-5-15-12(10)17;1-4-7-9(22-23(17,18)20-3)10(19-2)11(21-7)15-6-5-8(13)14-12(15)16;1-4-7-9(22-23(17,18)20-3)10(19-2)11(21-7)14-6-5-8(15)13-12(14)16;1-3-2/h5-6,8-9,12H,4H2,1-3H3,(H,20,21)(H3,14,16,17,19);5-9H,3-4H2,1-2H3,(H,18,19)(H2,13,14,15);5-7,9-11H,4H2,1-3H3,(H,17,18)(H2,13,14,16);5-7,9-11H,4H2,1-3H3,(H,17,18)(H,13,15,16);1-2H3/t6-,8?,9+,12-;7-,8?,9-;2*7-,9?,10+,11-;/m1111./s1. The molecule has 12 N–H and O–H groups in total. The molecule has 0 aliphatic carbocycles. The first-order valence-electron chi connectivity index (χ1n) is 29.5. The van der Waals surface area contributed by atoms with Crippen LogP contribution in [0.3, 0.4) is 0 Å². The summed E-state index contributed by atoms with van der Waals surface area (Å²) in [6.45, 7) is 7.35. The summed E-state index contributed by atoms with van der Waals surface area (Å²) in [5.41, 5.74) is 15.8. The molecule has 550 valence electrons. The zero-order chi connectivity index (χ0) is 72.8. The summed E-state index contributed by atoms with van der Waals surface area (Å²) >= 11 is 0. The van der Waals surface area contributed by atoms with Crippen LogP contribution in [0.2, 0.25) is 0 Å². The van der Waals surface area contributed by atoms with E-state index < -0.39 is 140 Å². The Morgan fingerprint density at radius 1 is 0.520 bits per heavy atom. The topological polar surface area (TPSA) is 572 Å². The molecule has 4 aliphatic rings. The molecule has 0 radical (unpaired) electrons. The summed E-state index contributed by atoms with van der Waals surface area (Å²) in [6, 6.07) is 2.61. The first-order valence-corrected chi connectivity index (χ1v) is 35.5. The van der Waals surface area contributed by atoms with Crippen molar-refractivity contribution >= 4 is 71.2 Å². The Morgan fingerprint density at radius 3 is 1.41 bits per heavy atom. The van der Waals surface area contributed by atoms with Crippen LogP contribution in [-0.4, -0.2) is 209 Å². The van der Waals surface area contributed by atoms with Crippen LogP contribution in [0.1, 0.15) is 84.7 Å². The van der Waals surface area contributed by atoms with Gasteiger partial charge in [-0.15, -0.1) is 0 Å². The van der Waals surface area contributed by atoms with Crippen molar-refractivity contribution in [1.82, 2.24) is 58.1 Å². The van der Waals surface area contributed by atoms with Gasteiger partial charge < -0.3 is 74.7 Å². The smallest absolute Gasteiger partial charge is 0.388 e. The van der Waals surface area contributed by atoms with Crippen molar-refractivity contribution < 1.29 is 112 Å². The van der Waals surface area contributed by atoms with Crippen molar-refractivity contribution in [2.24, 2.45) is 0 Å². The lowest BCUT2D eigenvalue weighted by molar-refractivity contribution is -0.0542. The van der Waals surface area contributed by atoms with Gasteiger partial charge in [-0.05, 0) is 31.7 Å². The van der Waals surface area contributed by atoms with Crippen LogP contribution >= 0.6 is 31.3 Å². The van der Waals surface area contributed by atoms with Gasteiger partial charge in [0.25, 0.3) is 11.1 Å². The van der Waals surface area contributed by atoms with Gasteiger partial charge in [0.1, 0.15) is 60.5 Å². The Kier molecular flexibility index (Phi) is 29.4. The van der Waals surface area contributed by atoms with Crippen molar-refractivity contribution in [3.8, 4) is 0 Å². The van der Waals surface area contributed by atoms with Crippen molar-refractivity contribution in [1.29, 1.82) is 0 Å². The summed E-state index contributed by atoms with van der Waals surface area (Å²) in [5.74, 6) is 0.290. The molecule has 98 heavy (non-hydrogen) atoms. The second-order valence-electron chi connectivity index (χ2n) is 21.1. The molecule has 4 aliphatic heterocycles. The Hall–Kier alpha value is -6.02. The first kappa shape index (κ1) is 81.0. The van der Waals surface area contributed by atoms with E-state index in [1.165, 1.54) is 67.6 Å². The van der Waals surface area contributed by atoms with Gasteiger partial charge in [-0.3, -0.25) is 74.0 Å². The lowest BCUT2D eigenvalue weighted by Crippen LogP contribution is -2.39. The number of nitrogens with one attached hydrogen (secondary N) is 2. The maximum absolute atomic E-state index is 12.0. The minimum Gasteiger partial charge on any atom is -0.388 e. The predicted molar refractivity (Wildman–Crippen MR) is 340 cm³/mol. The number of rotatable bonds is 23. The molecule has 10 heterocycles. The number of ether oxygens (including phenoxy) is 8. The van der Waals surface area contributed by atoms with Crippen LogP contribution in [0.25, 0.3) is 22.3 Å². The molecule has 19 atom stereocenters. The number of H-pyrrole nitrogens is 2. The SMILES string of the molecule is CC[C@H]1O[C@@H](n2ccc(=O)[nH]c2=O)[C@@H](OC)C1OP(=O)(O)OC.CC[C@H]1O[C@@H](n2ccc(N)nc2=O)[C@@H](OC)C1OP(=O)(O)OC.CC[C@H]1O[C@@H](n2cnc3c(=O)[nH]c(N)nc32)[C@@H](OC)C1OP(=O)(O)OC.CC[C@H]1O[C@@H](n2cnc3c(N)ncnc32)CC1OP(=O)(O)OC.COC. The van der Waals surface area contributed by atoms with Gasteiger partial charge in [-0.1, -0.05) is 27.7 Å². The second kappa shape index (κ2) is 35.5. The molecule has 6 aromatic rings. The van der Waals surface area contributed by atoms with Gasteiger partial charge in [0.2, 0.25) is 5.95 Å². The van der Waals surface area contributed by atoms with E-state index in [-0.39, 0.29) is 34.9 Å². The van der Waals surface area contributed by atoms with Gasteiger partial charge in [0.05, 0.1) is 43.2 Å². The molecule has 43 nitrogen and oxygen atoms in total. The molecular formula is C51H83N15O28P4. The fourth-order valence-corrected chi connectivity index (χ4v) is 13.1. The first-order chi connectivity index (χ1) is 46.3. The number of fused-ring (bicyclic) bond motifs is 2. The van der Waals surface area contributed by atoms with Crippen LogP contribution in [0.15, 0.2) is 62.7 Å². The van der Waals surface area contributed by atoms with E-state index >= 15 is 0 Å². The fraction of sp³-hybridized carbons (Fsp3) is 0.647. The highest BCUT2D eigenvalue weighted by atomic mass is 31.2. The van der Waals surface area contributed by atoms with Crippen LogP contribution in [0.4, 0.5) is 17.6 Å². The highest BCUT2D eigenvalue weighted by Crippen LogP contribution is 2.52. The Balaban J connectivity index is 0.000000204. The summed E-state index contributed by atoms with van der Waals surface area (Å²) in [5, 5.41) is 0. The van der Waals surface area contributed by atoms with Crippen molar-refractivity contribution in [3.05, 3.63) is 85.2 Å². The van der Waals surface area contributed by atoms with E-state index in [9.17, 15) is 57.0 Å². The maximum Gasteiger partial charge on any atom is 0.472 e. The van der Waals surface area contributed by atoms with E-state index in [2.05, 4.69) is 62.7 Å². The number of hydrogen-bond acceptors (Lipinski definition) is 33. The number of phosphoric acid groups is 4. The molecule has 10 rings (SSSR count). The van der Waals surface area contributed by atoms with Gasteiger partial charge in [0, 0.05) is 88.9 Å².